The zero-order valence-corrected chi connectivity index (χ0v) is 21.9. The van der Waals surface area contributed by atoms with Gasteiger partial charge in [0.1, 0.15) is 0 Å². The molecule has 1 aliphatic carbocycles. The number of aryl methyl sites for hydroxylation is 2. The molecule has 0 saturated heterocycles. The fourth-order valence-corrected chi connectivity index (χ4v) is 13.4. The molecule has 0 saturated carbocycles. The van der Waals surface area contributed by atoms with Gasteiger partial charge in [-0.15, -0.1) is 0 Å². The van der Waals surface area contributed by atoms with Gasteiger partial charge in [-0.1, -0.05) is 0 Å². The maximum absolute atomic E-state index is 15.6. The number of aromatic nitrogens is 1. The number of furan rings is 1. The van der Waals surface area contributed by atoms with Crippen molar-refractivity contribution < 1.29 is 13.4 Å². The third-order valence-corrected chi connectivity index (χ3v) is 15.8. The SMILES string of the molecule is Cc1ccc2c(oc3c([C]4=CC5=[C](CCCC5)[Ge]4([CH3])[CH3])c(F)ccc32)c1-c1cccc[n+]1C. The molecule has 0 spiro atoms. The van der Waals surface area contributed by atoms with Crippen LogP contribution < -0.4 is 4.57 Å². The Balaban J connectivity index is 1.66. The number of halogens is 1. The van der Waals surface area contributed by atoms with Crippen molar-refractivity contribution >= 4 is 39.6 Å². The number of rotatable bonds is 2. The summed E-state index contributed by atoms with van der Waals surface area (Å²) in [6.45, 7) is 2.12. The van der Waals surface area contributed by atoms with Crippen molar-refractivity contribution in [2.75, 3.05) is 0 Å². The molecule has 4 aromatic rings. The molecule has 0 amide bonds. The van der Waals surface area contributed by atoms with E-state index in [1.807, 2.05) is 12.1 Å². The minimum atomic E-state index is -2.54. The van der Waals surface area contributed by atoms with Crippen molar-refractivity contribution in [2.24, 2.45) is 7.05 Å². The number of allylic oxidation sites excluding steroid dienone is 3. The molecule has 2 aromatic carbocycles. The monoisotopic (exact) mass is 500 g/mol. The molecule has 2 aromatic heterocycles. The molecule has 0 unspecified atom stereocenters. The van der Waals surface area contributed by atoms with Gasteiger partial charge in [-0.3, -0.25) is 0 Å². The second-order valence-electron chi connectivity index (χ2n) is 10.1. The molecule has 0 radical (unpaired) electrons. The molecule has 2 nitrogen and oxygen atoms in total. The molecular weight excluding hydrogens is 470 g/mol. The summed E-state index contributed by atoms with van der Waals surface area (Å²) < 4.78 is 27.3. The zero-order valence-electron chi connectivity index (χ0n) is 19.8. The van der Waals surface area contributed by atoms with Crippen LogP contribution in [-0.4, -0.2) is 13.3 Å². The summed E-state index contributed by atoms with van der Waals surface area (Å²) in [4.78, 5) is 0. The fourth-order valence-electron chi connectivity index (χ4n) is 6.03. The molecule has 33 heavy (non-hydrogen) atoms. The van der Waals surface area contributed by atoms with Gasteiger partial charge in [-0.25, -0.2) is 0 Å². The van der Waals surface area contributed by atoms with Gasteiger partial charge in [0.25, 0.3) is 0 Å². The van der Waals surface area contributed by atoms with Gasteiger partial charge in [-0.05, 0) is 0 Å². The van der Waals surface area contributed by atoms with Gasteiger partial charge in [0, 0.05) is 0 Å². The van der Waals surface area contributed by atoms with Crippen molar-refractivity contribution in [1.29, 1.82) is 0 Å². The first-order chi connectivity index (χ1) is 15.9. The number of pyridine rings is 1. The van der Waals surface area contributed by atoms with E-state index in [9.17, 15) is 0 Å². The first-order valence-corrected chi connectivity index (χ1v) is 18.2. The molecule has 2 aliphatic rings. The van der Waals surface area contributed by atoms with Crippen LogP contribution in [0.15, 0.2) is 69.1 Å². The number of fused-ring (bicyclic) bond motifs is 3. The second-order valence-corrected chi connectivity index (χ2v) is 19.3. The molecule has 0 N–H and O–H groups in total. The van der Waals surface area contributed by atoms with Gasteiger partial charge >= 0.3 is 197 Å². The van der Waals surface area contributed by atoms with Crippen LogP contribution in [0, 0.1) is 12.7 Å². The van der Waals surface area contributed by atoms with Crippen LogP contribution in [0.5, 0.6) is 0 Å². The fraction of sp³-hybridized carbons (Fsp3) is 0.276. The van der Waals surface area contributed by atoms with Crippen molar-refractivity contribution in [3.8, 4) is 11.3 Å². The third kappa shape index (κ3) is 3.01. The molecule has 1 aliphatic heterocycles. The summed E-state index contributed by atoms with van der Waals surface area (Å²) >= 11 is -2.54. The Morgan fingerprint density at radius 2 is 1.64 bits per heavy atom. The first kappa shape index (κ1) is 20.9. The van der Waals surface area contributed by atoms with Crippen LogP contribution in [0.2, 0.25) is 11.5 Å². The average Bonchev–Trinajstić information content (AvgIpc) is 3.29. The van der Waals surface area contributed by atoms with E-state index in [4.69, 9.17) is 4.42 Å². The number of benzene rings is 2. The number of hydrogen-bond donors (Lipinski definition) is 0. The summed E-state index contributed by atoms with van der Waals surface area (Å²) in [7, 11) is 2.05. The van der Waals surface area contributed by atoms with Crippen molar-refractivity contribution in [3.05, 3.63) is 81.7 Å². The summed E-state index contributed by atoms with van der Waals surface area (Å²) in [5, 5.41) is 2.06. The molecule has 6 rings (SSSR count). The minimum absolute atomic E-state index is 0.158. The van der Waals surface area contributed by atoms with Crippen molar-refractivity contribution in [1.82, 2.24) is 0 Å². The molecule has 0 bridgehead atoms. The van der Waals surface area contributed by atoms with E-state index < -0.39 is 13.3 Å². The number of hydrogen-bond acceptors (Lipinski definition) is 1. The van der Waals surface area contributed by atoms with Crippen LogP contribution in [0.4, 0.5) is 4.39 Å². The van der Waals surface area contributed by atoms with E-state index in [1.54, 1.807) is 10.5 Å². The van der Waals surface area contributed by atoms with Gasteiger partial charge in [-0.2, -0.15) is 0 Å². The summed E-state index contributed by atoms with van der Waals surface area (Å²) in [5.74, 6) is 4.70. The van der Waals surface area contributed by atoms with Crippen LogP contribution in [0.25, 0.3) is 37.6 Å². The Labute approximate surface area is 196 Å². The molecule has 3 heterocycles. The first-order valence-electron chi connectivity index (χ1n) is 11.9. The Kier molecular flexibility index (Phi) is 4.71. The van der Waals surface area contributed by atoms with Crippen LogP contribution >= 0.6 is 0 Å². The van der Waals surface area contributed by atoms with Gasteiger partial charge < -0.3 is 0 Å². The van der Waals surface area contributed by atoms with Crippen LogP contribution in [-0.2, 0) is 7.05 Å². The zero-order chi connectivity index (χ0) is 22.9. The normalized spacial score (nSPS) is 17.7. The topological polar surface area (TPSA) is 17.0 Å². The van der Waals surface area contributed by atoms with E-state index in [-0.39, 0.29) is 5.82 Å². The van der Waals surface area contributed by atoms with E-state index in [2.05, 4.69) is 66.6 Å². The Bertz CT molecular complexity index is 1520. The van der Waals surface area contributed by atoms with Gasteiger partial charge in [0.05, 0.1) is 0 Å². The molecule has 166 valence electrons. The summed E-state index contributed by atoms with van der Waals surface area (Å²) in [6, 6.07) is 14.0. The Morgan fingerprint density at radius 3 is 2.39 bits per heavy atom. The maximum atomic E-state index is 15.6. The van der Waals surface area contributed by atoms with E-state index in [0.29, 0.717) is 11.1 Å². The van der Waals surface area contributed by atoms with E-state index in [1.165, 1.54) is 29.2 Å². The van der Waals surface area contributed by atoms with E-state index >= 15 is 4.39 Å². The Morgan fingerprint density at radius 1 is 0.909 bits per heavy atom. The molecule has 4 heteroatoms. The van der Waals surface area contributed by atoms with Crippen molar-refractivity contribution in [2.45, 2.75) is 44.1 Å². The van der Waals surface area contributed by atoms with E-state index in [0.717, 1.165) is 39.6 Å². The predicted octanol–water partition coefficient (Wildman–Crippen LogP) is 7.58. The summed E-state index contributed by atoms with van der Waals surface area (Å²) in [5.41, 5.74) is 7.08. The van der Waals surface area contributed by atoms with Crippen LogP contribution in [0.1, 0.15) is 36.8 Å². The predicted molar refractivity (Wildman–Crippen MR) is 136 cm³/mol. The molecule has 0 atom stereocenters. The average molecular weight is 499 g/mol. The summed E-state index contributed by atoms with van der Waals surface area (Å²) in [6.07, 6.45) is 9.23. The van der Waals surface area contributed by atoms with Crippen LogP contribution in [0.3, 0.4) is 0 Å². The van der Waals surface area contributed by atoms with Gasteiger partial charge in [0.2, 0.25) is 0 Å². The molecular formula is C29H29FGeNO+. The Hall–Kier alpha value is -2.66. The molecule has 0 fully saturated rings. The number of nitrogens with zero attached hydrogens (tertiary/aromatic N) is 1. The standard InChI is InChI=1S/C29H29FGeNO/c1-18-12-13-20-21-14-15-22(30)27(24-17-19-9-5-6-10-23(19)31(24,2)3)29(21)33-28(20)26(18)25-11-7-8-16-32(25)4/h7-8,11-17H,5-6,9-10H2,1-4H3/q+1. The second kappa shape index (κ2) is 7.43. The third-order valence-electron chi connectivity index (χ3n) is 7.80. The van der Waals surface area contributed by atoms with Crippen molar-refractivity contribution in [3.63, 3.8) is 0 Å². The quantitative estimate of drug-likeness (QED) is 0.205. The van der Waals surface area contributed by atoms with Gasteiger partial charge in [0.15, 0.2) is 0 Å².